The molecule has 0 N–H and O–H groups in total. The van der Waals surface area contributed by atoms with Gasteiger partial charge in [-0.25, -0.2) is 0 Å². The Morgan fingerprint density at radius 2 is 0.719 bits per heavy atom. The second-order valence-corrected chi connectivity index (χ2v) is 16.0. The summed E-state index contributed by atoms with van der Waals surface area (Å²) in [5, 5.41) is 24.1. The monoisotopic (exact) mass is 862 g/mol. The van der Waals surface area contributed by atoms with E-state index < -0.39 is 9.85 Å². The van der Waals surface area contributed by atoms with Crippen molar-refractivity contribution < 1.29 is 19.4 Å². The van der Waals surface area contributed by atoms with Crippen LogP contribution in [0, 0.1) is 103 Å². The van der Waals surface area contributed by atoms with Gasteiger partial charge in [-0.1, -0.05) is 107 Å². The lowest BCUT2D eigenvalue weighted by molar-refractivity contribution is -0.385. The summed E-state index contributed by atoms with van der Waals surface area (Å²) in [5.41, 5.74) is 5.18. The highest BCUT2D eigenvalue weighted by Gasteiger charge is 2.15. The second-order valence-electron chi connectivity index (χ2n) is 13.5. The number of carbonyl (C=O) groups excluding carboxylic acids is 2. The van der Waals surface area contributed by atoms with E-state index in [1.165, 1.54) is 38.1 Å². The van der Waals surface area contributed by atoms with Gasteiger partial charge in [0.2, 0.25) is 0 Å². The third-order valence-electron chi connectivity index (χ3n) is 8.79. The van der Waals surface area contributed by atoms with Crippen LogP contribution in [-0.2, 0) is 9.59 Å². The lowest BCUT2D eigenvalue weighted by atomic mass is 10.0. The van der Waals surface area contributed by atoms with E-state index in [0.29, 0.717) is 65.4 Å². The molecule has 3 aliphatic rings. The fourth-order valence-electron chi connectivity index (χ4n) is 5.91. The van der Waals surface area contributed by atoms with E-state index in [9.17, 15) is 29.8 Å². The van der Waals surface area contributed by atoms with Crippen LogP contribution in [0.3, 0.4) is 0 Å². The number of nitro benzene ring substituents is 2. The molecule has 64 heavy (non-hydrogen) atoms. The molecule has 8 nitrogen and oxygen atoms in total. The number of nitro groups is 2. The molecule has 0 aliphatic heterocycles. The van der Waals surface area contributed by atoms with Crippen LogP contribution in [0.25, 0.3) is 0 Å². The van der Waals surface area contributed by atoms with Crippen LogP contribution in [-0.4, -0.2) is 20.1 Å². The average Bonchev–Trinajstić information content (AvgIpc) is 3.27. The minimum Gasteiger partial charge on any atom is -0.287 e. The van der Waals surface area contributed by atoms with Crippen LogP contribution < -0.4 is 0 Å². The second kappa shape index (κ2) is 20.1. The van der Waals surface area contributed by atoms with Gasteiger partial charge in [-0.3, -0.25) is 29.8 Å². The highest BCUT2D eigenvalue weighted by molar-refractivity contribution is 8.13. The molecule has 0 atom stereocenters. The third kappa shape index (κ3) is 11.7. The van der Waals surface area contributed by atoms with Gasteiger partial charge in [-0.2, -0.15) is 0 Å². The summed E-state index contributed by atoms with van der Waals surface area (Å²) < 4.78 is 0. The Hall–Kier alpha value is -8.92. The highest BCUT2D eigenvalue weighted by atomic mass is 32.2. The molecule has 0 unspecified atom stereocenters. The zero-order valence-corrected chi connectivity index (χ0v) is 35.3. The van der Waals surface area contributed by atoms with Gasteiger partial charge in [0.25, 0.3) is 11.4 Å². The van der Waals surface area contributed by atoms with E-state index in [2.05, 4.69) is 82.9 Å². The predicted octanol–water partition coefficient (Wildman–Crippen LogP) is 9.50. The molecule has 0 heterocycles. The first-order chi connectivity index (χ1) is 30.9. The molecule has 0 saturated carbocycles. The number of rotatable bonds is 4. The minimum atomic E-state index is -0.548. The summed E-state index contributed by atoms with van der Waals surface area (Å²) in [5.74, 6) is 41.9. The SMILES string of the molecule is CC(=O)Sc1ccc2c(c1)C#Cc1cccc(c1)C#Cc1cccc(c1)C#Cc1cc(SC(C)=O)ccc1C#Cc1ccc(cc1[N+](=O)[O-])C#CC#Cc1ccc(c([N+](=O)[O-])c1)C#C2. The van der Waals surface area contributed by atoms with E-state index in [1.54, 1.807) is 48.5 Å². The topological polar surface area (TPSA) is 120 Å². The number of fused-ring (bicyclic) bond motifs is 2. The van der Waals surface area contributed by atoms with E-state index in [4.69, 9.17) is 0 Å². The fraction of sp³-hybridized carbons (Fsp3) is 0.0370. The summed E-state index contributed by atoms with van der Waals surface area (Å²) >= 11 is 2.10. The van der Waals surface area contributed by atoms with Crippen molar-refractivity contribution in [2.45, 2.75) is 23.6 Å². The van der Waals surface area contributed by atoms with Gasteiger partial charge in [-0.05, 0) is 109 Å². The lowest BCUT2D eigenvalue weighted by Crippen LogP contribution is -1.94. The molecule has 300 valence electrons. The smallest absolute Gasteiger partial charge is 0.286 e. The van der Waals surface area contributed by atoms with E-state index in [-0.39, 0.29) is 32.7 Å². The number of hydrogen-bond donors (Lipinski definition) is 0. The standard InChI is InChI=1S/C54H26N2O6S2/c1-37(57)63-51-29-27-45-23-25-47-19-15-43(33-53(47)55(59)60)7-3-4-8-44-16-20-48(54(34-44)56(61)62)26-24-46-28-30-52(64-38(2)58)36-50(46)22-18-42-12-6-10-40(32-42)14-13-39-9-5-11-41(31-39)17-21-49(45)35-51/h5-6,9-12,15-16,19-20,27-36H,1-2H3. The van der Waals surface area contributed by atoms with E-state index >= 15 is 0 Å². The molecule has 0 fully saturated rings. The summed E-state index contributed by atoms with van der Waals surface area (Å²) in [7, 11) is 0. The zero-order valence-electron chi connectivity index (χ0n) is 33.7. The van der Waals surface area contributed by atoms with Gasteiger partial charge in [-0.15, -0.1) is 0 Å². The fourth-order valence-corrected chi connectivity index (χ4v) is 7.20. The average molecular weight is 863 g/mol. The number of carbonyl (C=O) groups is 2. The number of nitrogens with zero attached hydrogens (tertiary/aromatic N) is 2. The van der Waals surface area contributed by atoms with Crippen LogP contribution in [0.1, 0.15) is 80.6 Å². The molecule has 0 amide bonds. The Morgan fingerprint density at radius 1 is 0.391 bits per heavy atom. The summed E-state index contributed by atoms with van der Waals surface area (Å²) in [6.07, 6.45) is 0. The van der Waals surface area contributed by atoms with Crippen molar-refractivity contribution in [3.8, 4) is 82.9 Å². The normalized spacial score (nSPS) is 10.5. The Balaban J connectivity index is 1.37. The van der Waals surface area contributed by atoms with E-state index in [0.717, 1.165) is 23.5 Å². The molecule has 3 aliphatic carbocycles. The molecule has 6 aromatic rings. The number of benzene rings is 6. The molecule has 0 aromatic heterocycles. The van der Waals surface area contributed by atoms with Crippen LogP contribution >= 0.6 is 23.5 Å². The maximum absolute atomic E-state index is 12.2. The highest BCUT2D eigenvalue weighted by Crippen LogP contribution is 2.25. The van der Waals surface area contributed by atoms with Crippen molar-refractivity contribution in [1.82, 2.24) is 0 Å². The van der Waals surface area contributed by atoms with Crippen LogP contribution in [0.2, 0.25) is 0 Å². The Kier molecular flexibility index (Phi) is 13.6. The predicted molar refractivity (Wildman–Crippen MR) is 249 cm³/mol. The first-order valence-corrected chi connectivity index (χ1v) is 20.6. The molecule has 0 spiro atoms. The van der Waals surface area contributed by atoms with E-state index in [1.807, 2.05) is 48.5 Å². The van der Waals surface area contributed by atoms with Crippen molar-refractivity contribution in [3.05, 3.63) is 208 Å². The first kappa shape index (κ1) is 43.2. The quantitative estimate of drug-likeness (QED) is 0.0745. The number of hydrogen-bond acceptors (Lipinski definition) is 8. The summed E-state index contributed by atoms with van der Waals surface area (Å²) in [6.45, 7) is 2.93. The summed E-state index contributed by atoms with van der Waals surface area (Å²) in [6, 6.07) is 34.0. The molecule has 9 rings (SSSR count). The minimum absolute atomic E-state index is 0.104. The van der Waals surface area contributed by atoms with Crippen molar-refractivity contribution >= 4 is 45.1 Å². The molecular formula is C54H26N2O6S2. The lowest BCUT2D eigenvalue weighted by Gasteiger charge is -2.02. The summed E-state index contributed by atoms with van der Waals surface area (Å²) in [4.78, 5) is 48.5. The first-order valence-electron chi connectivity index (χ1n) is 19.0. The van der Waals surface area contributed by atoms with Gasteiger partial charge in [0.1, 0.15) is 11.1 Å². The van der Waals surface area contributed by atoms with Gasteiger partial charge < -0.3 is 0 Å². The molecule has 0 radical (unpaired) electrons. The number of thioether (sulfide) groups is 2. The van der Waals surface area contributed by atoms with Crippen molar-refractivity contribution in [1.29, 1.82) is 0 Å². The Labute approximate surface area is 377 Å². The van der Waals surface area contributed by atoms with Crippen molar-refractivity contribution in [2.24, 2.45) is 0 Å². The maximum Gasteiger partial charge on any atom is 0.286 e. The molecule has 6 aromatic carbocycles. The van der Waals surface area contributed by atoms with Crippen LogP contribution in [0.4, 0.5) is 11.4 Å². The van der Waals surface area contributed by atoms with Crippen LogP contribution in [0.5, 0.6) is 0 Å². The molecule has 10 heteroatoms. The van der Waals surface area contributed by atoms with Gasteiger partial charge >= 0.3 is 0 Å². The van der Waals surface area contributed by atoms with Gasteiger partial charge in [0.05, 0.1) is 9.85 Å². The Bertz CT molecular complexity index is 3240. The largest absolute Gasteiger partial charge is 0.287 e. The van der Waals surface area contributed by atoms with Gasteiger partial charge in [0.15, 0.2) is 10.2 Å². The Morgan fingerprint density at radius 3 is 1.09 bits per heavy atom. The van der Waals surface area contributed by atoms with Crippen molar-refractivity contribution in [3.63, 3.8) is 0 Å². The van der Waals surface area contributed by atoms with Gasteiger partial charge in [0, 0.05) is 91.4 Å². The maximum atomic E-state index is 12.2. The molecule has 0 saturated heterocycles. The molecular weight excluding hydrogens is 837 g/mol. The molecule has 8 bridgehead atoms. The third-order valence-corrected chi connectivity index (χ3v) is 10.3. The van der Waals surface area contributed by atoms with Crippen molar-refractivity contribution in [2.75, 3.05) is 0 Å². The zero-order chi connectivity index (χ0) is 45.0. The van der Waals surface area contributed by atoms with Crippen LogP contribution in [0.15, 0.2) is 131 Å².